The van der Waals surface area contributed by atoms with Crippen molar-refractivity contribution in [3.05, 3.63) is 71.3 Å². The molecule has 11 heteroatoms. The molecule has 0 saturated carbocycles. The lowest BCUT2D eigenvalue weighted by atomic mass is 10.1. The number of hydrogen-bond donors (Lipinski definition) is 4. The number of halogens is 3. The standard InChI is InChI=1S/C20H23N3O3.C2HF3O2/c24-19(22-12-15-4-2-1-3-5-15)16-6-8-17(9-7-16)20(25)23-14-18-13-21-10-11-26-18;3-2(4,5)1(6)7/h1-9,18,21H,10-14H2,(H,22,24)(H,23,25);(H,6,7). The highest BCUT2D eigenvalue weighted by atomic mass is 19.4. The van der Waals surface area contributed by atoms with E-state index >= 15 is 0 Å². The molecule has 1 aliphatic heterocycles. The van der Waals surface area contributed by atoms with E-state index in [-0.39, 0.29) is 17.9 Å². The van der Waals surface area contributed by atoms with E-state index in [0.717, 1.165) is 18.7 Å². The van der Waals surface area contributed by atoms with Crippen molar-refractivity contribution in [1.82, 2.24) is 16.0 Å². The highest BCUT2D eigenvalue weighted by molar-refractivity contribution is 5.97. The van der Waals surface area contributed by atoms with Crippen LogP contribution in [0, 0.1) is 0 Å². The van der Waals surface area contributed by atoms with E-state index in [1.807, 2.05) is 30.3 Å². The topological polar surface area (TPSA) is 117 Å². The third-order valence-corrected chi connectivity index (χ3v) is 4.44. The van der Waals surface area contributed by atoms with Crippen molar-refractivity contribution in [1.29, 1.82) is 0 Å². The molecule has 2 aromatic carbocycles. The van der Waals surface area contributed by atoms with Crippen LogP contribution in [0.25, 0.3) is 0 Å². The number of benzene rings is 2. The molecule has 0 radical (unpaired) electrons. The highest BCUT2D eigenvalue weighted by Gasteiger charge is 2.38. The lowest BCUT2D eigenvalue weighted by molar-refractivity contribution is -0.192. The van der Waals surface area contributed by atoms with Gasteiger partial charge in [0.05, 0.1) is 12.7 Å². The maximum absolute atomic E-state index is 12.2. The van der Waals surface area contributed by atoms with E-state index < -0.39 is 12.1 Å². The van der Waals surface area contributed by atoms with Crippen LogP contribution in [0.15, 0.2) is 54.6 Å². The predicted octanol–water partition coefficient (Wildman–Crippen LogP) is 1.97. The molecule has 178 valence electrons. The van der Waals surface area contributed by atoms with Crippen LogP contribution in [0.4, 0.5) is 13.2 Å². The molecule has 0 aromatic heterocycles. The minimum absolute atomic E-state index is 0.00395. The van der Waals surface area contributed by atoms with Crippen molar-refractivity contribution in [2.24, 2.45) is 0 Å². The minimum atomic E-state index is -5.08. The number of ether oxygens (including phenoxy) is 1. The van der Waals surface area contributed by atoms with Gasteiger partial charge in [-0.25, -0.2) is 4.79 Å². The first-order valence-electron chi connectivity index (χ1n) is 9.99. The Morgan fingerprint density at radius 3 is 2.00 bits per heavy atom. The van der Waals surface area contributed by atoms with Gasteiger partial charge in [-0.1, -0.05) is 30.3 Å². The van der Waals surface area contributed by atoms with E-state index in [4.69, 9.17) is 14.6 Å². The maximum Gasteiger partial charge on any atom is 0.490 e. The molecule has 2 amide bonds. The van der Waals surface area contributed by atoms with Gasteiger partial charge in [-0.3, -0.25) is 9.59 Å². The summed E-state index contributed by atoms with van der Waals surface area (Å²) >= 11 is 0. The van der Waals surface area contributed by atoms with Crippen LogP contribution < -0.4 is 16.0 Å². The van der Waals surface area contributed by atoms with E-state index in [0.29, 0.717) is 30.8 Å². The van der Waals surface area contributed by atoms with E-state index in [9.17, 15) is 22.8 Å². The van der Waals surface area contributed by atoms with Gasteiger partial charge in [0.15, 0.2) is 0 Å². The molecule has 0 spiro atoms. The van der Waals surface area contributed by atoms with Crippen LogP contribution in [-0.2, 0) is 16.1 Å². The zero-order valence-electron chi connectivity index (χ0n) is 17.5. The SMILES string of the molecule is O=C(NCc1ccccc1)c1ccc(C(=O)NCC2CNCCO2)cc1.O=C(O)C(F)(F)F. The molecule has 1 atom stereocenters. The molecule has 3 rings (SSSR count). The number of carbonyl (C=O) groups is 3. The van der Waals surface area contributed by atoms with Gasteiger partial charge in [0, 0.05) is 37.3 Å². The number of aliphatic carboxylic acids is 1. The first-order valence-corrected chi connectivity index (χ1v) is 9.99. The number of carboxylic acid groups (broad SMARTS) is 1. The van der Waals surface area contributed by atoms with E-state index in [1.54, 1.807) is 24.3 Å². The second-order valence-corrected chi connectivity index (χ2v) is 6.96. The summed E-state index contributed by atoms with van der Waals surface area (Å²) in [5.74, 6) is -3.09. The molecule has 8 nitrogen and oxygen atoms in total. The molecule has 33 heavy (non-hydrogen) atoms. The van der Waals surface area contributed by atoms with Crippen molar-refractivity contribution >= 4 is 17.8 Å². The zero-order valence-corrected chi connectivity index (χ0v) is 17.5. The molecule has 4 N–H and O–H groups in total. The van der Waals surface area contributed by atoms with Gasteiger partial charge in [0.1, 0.15) is 0 Å². The summed E-state index contributed by atoms with van der Waals surface area (Å²) in [6.45, 7) is 3.18. The minimum Gasteiger partial charge on any atom is -0.475 e. The fourth-order valence-electron chi connectivity index (χ4n) is 2.71. The van der Waals surface area contributed by atoms with Gasteiger partial charge in [-0.05, 0) is 29.8 Å². The molecule has 1 unspecified atom stereocenters. The molecule has 1 fully saturated rings. The Labute approximate surface area is 188 Å². The summed E-state index contributed by atoms with van der Waals surface area (Å²) in [5.41, 5.74) is 2.09. The Kier molecular flexibility index (Phi) is 9.83. The summed E-state index contributed by atoms with van der Waals surface area (Å²) in [6, 6.07) is 16.4. The van der Waals surface area contributed by atoms with Crippen LogP contribution in [0.2, 0.25) is 0 Å². The predicted molar refractivity (Wildman–Crippen MR) is 113 cm³/mol. The number of carbonyl (C=O) groups excluding carboxylic acids is 2. The van der Waals surface area contributed by atoms with Gasteiger partial charge in [-0.15, -0.1) is 0 Å². The van der Waals surface area contributed by atoms with Crippen molar-refractivity contribution in [2.75, 3.05) is 26.2 Å². The second kappa shape index (κ2) is 12.6. The number of alkyl halides is 3. The average molecular weight is 467 g/mol. The molecule has 1 heterocycles. The lowest BCUT2D eigenvalue weighted by Crippen LogP contribution is -2.45. The van der Waals surface area contributed by atoms with Crippen LogP contribution in [0.5, 0.6) is 0 Å². The smallest absolute Gasteiger partial charge is 0.475 e. The summed E-state index contributed by atoms with van der Waals surface area (Å²) in [7, 11) is 0. The first-order chi connectivity index (χ1) is 15.7. The van der Waals surface area contributed by atoms with Gasteiger partial charge in [-0.2, -0.15) is 13.2 Å². The quantitative estimate of drug-likeness (QED) is 0.516. The number of morpholine rings is 1. The van der Waals surface area contributed by atoms with Crippen LogP contribution >= 0.6 is 0 Å². The van der Waals surface area contributed by atoms with Crippen LogP contribution in [-0.4, -0.2) is 61.4 Å². The zero-order chi connectivity index (χ0) is 24.3. The molecule has 2 aromatic rings. The third-order valence-electron chi connectivity index (χ3n) is 4.44. The molecular weight excluding hydrogens is 443 g/mol. The van der Waals surface area contributed by atoms with E-state index in [2.05, 4.69) is 16.0 Å². The summed E-state index contributed by atoms with van der Waals surface area (Å²) in [6.07, 6.45) is -5.09. The number of amides is 2. The van der Waals surface area contributed by atoms with Crippen LogP contribution in [0.3, 0.4) is 0 Å². The molecule has 1 saturated heterocycles. The average Bonchev–Trinajstić information content (AvgIpc) is 2.82. The van der Waals surface area contributed by atoms with Crippen molar-refractivity contribution in [2.45, 2.75) is 18.8 Å². The second-order valence-electron chi connectivity index (χ2n) is 6.96. The fraction of sp³-hybridized carbons (Fsp3) is 0.318. The van der Waals surface area contributed by atoms with Crippen LogP contribution in [0.1, 0.15) is 26.3 Å². The molecule has 0 bridgehead atoms. The van der Waals surface area contributed by atoms with Gasteiger partial charge < -0.3 is 25.8 Å². The molecular formula is C22H24F3N3O5. The largest absolute Gasteiger partial charge is 0.490 e. The fourth-order valence-corrected chi connectivity index (χ4v) is 2.71. The van der Waals surface area contributed by atoms with Gasteiger partial charge in [0.2, 0.25) is 0 Å². The Hall–Kier alpha value is -3.44. The maximum atomic E-state index is 12.2. The highest BCUT2D eigenvalue weighted by Crippen LogP contribution is 2.13. The van der Waals surface area contributed by atoms with Gasteiger partial charge in [0.25, 0.3) is 11.8 Å². The van der Waals surface area contributed by atoms with E-state index in [1.165, 1.54) is 0 Å². The molecule has 1 aliphatic rings. The Morgan fingerprint density at radius 1 is 0.970 bits per heavy atom. The molecule has 0 aliphatic carbocycles. The Bertz CT molecular complexity index is 915. The van der Waals surface area contributed by atoms with Crippen molar-refractivity contribution in [3.8, 4) is 0 Å². The monoisotopic (exact) mass is 467 g/mol. The number of rotatable bonds is 6. The number of hydrogen-bond acceptors (Lipinski definition) is 5. The normalized spacial score (nSPS) is 15.5. The Balaban J connectivity index is 0.000000479. The summed E-state index contributed by atoms with van der Waals surface area (Å²) in [4.78, 5) is 33.3. The first kappa shape index (κ1) is 25.8. The van der Waals surface area contributed by atoms with Crippen molar-refractivity contribution < 1.29 is 37.4 Å². The Morgan fingerprint density at radius 2 is 1.52 bits per heavy atom. The summed E-state index contributed by atoms with van der Waals surface area (Å²) < 4.78 is 37.3. The lowest BCUT2D eigenvalue weighted by Gasteiger charge is -2.23. The third kappa shape index (κ3) is 9.29. The van der Waals surface area contributed by atoms with Gasteiger partial charge >= 0.3 is 12.1 Å². The van der Waals surface area contributed by atoms with Crippen molar-refractivity contribution in [3.63, 3.8) is 0 Å². The number of nitrogens with one attached hydrogen (secondary N) is 3. The summed E-state index contributed by atoms with van der Waals surface area (Å²) in [5, 5.41) is 16.1. The number of carboxylic acids is 1.